The average Bonchev–Trinajstić information content (AvgIpc) is 2.62. The molecule has 1 fully saturated rings. The summed E-state index contributed by atoms with van der Waals surface area (Å²) < 4.78 is 6.15. The molecule has 1 atom stereocenters. The zero-order chi connectivity index (χ0) is 9.26. The van der Waals surface area contributed by atoms with Gasteiger partial charge >= 0.3 is 0 Å². The molecule has 5 heteroatoms. The first-order valence-electron chi connectivity index (χ1n) is 4.03. The highest BCUT2D eigenvalue weighted by molar-refractivity contribution is 14.1. The highest BCUT2D eigenvalue weighted by Crippen LogP contribution is 2.24. The van der Waals surface area contributed by atoms with Crippen LogP contribution in [0.3, 0.4) is 0 Å². The molecule has 1 saturated heterocycles. The lowest BCUT2D eigenvalue weighted by Gasteiger charge is -2.05. The maximum Gasteiger partial charge on any atom is 0.146 e. The van der Waals surface area contributed by atoms with Crippen LogP contribution in [0.5, 0.6) is 0 Å². The maximum atomic E-state index is 5.89. The fraction of sp³-hybridized carbons (Fsp3) is 0.500. The molecule has 0 N–H and O–H groups in total. The molecule has 0 amide bonds. The van der Waals surface area contributed by atoms with Crippen molar-refractivity contribution in [3.8, 4) is 0 Å². The lowest BCUT2D eigenvalue weighted by Crippen LogP contribution is -2.04. The molecule has 0 aromatic carbocycles. The van der Waals surface area contributed by atoms with E-state index in [-0.39, 0.29) is 0 Å². The van der Waals surface area contributed by atoms with Crippen molar-refractivity contribution < 1.29 is 4.74 Å². The Balaban J connectivity index is 2.25. The van der Waals surface area contributed by atoms with Crippen molar-refractivity contribution in [2.24, 2.45) is 0 Å². The van der Waals surface area contributed by atoms with E-state index >= 15 is 0 Å². The second-order valence-electron chi connectivity index (χ2n) is 2.93. The predicted octanol–water partition coefficient (Wildman–Crippen LogP) is 2.24. The zero-order valence-corrected chi connectivity index (χ0v) is 9.75. The van der Waals surface area contributed by atoms with Crippen molar-refractivity contribution in [2.75, 3.05) is 13.2 Å². The molecule has 70 valence electrons. The molecule has 0 aliphatic carbocycles. The highest BCUT2D eigenvalue weighted by atomic mass is 127. The van der Waals surface area contributed by atoms with E-state index in [2.05, 4.69) is 32.6 Å². The number of hydrogen-bond donors (Lipinski definition) is 0. The minimum Gasteiger partial charge on any atom is -0.381 e. The Morgan fingerprint density at radius 3 is 3.08 bits per heavy atom. The van der Waals surface area contributed by atoms with E-state index in [0.29, 0.717) is 11.1 Å². The number of nitrogens with zero attached hydrogens (tertiary/aromatic N) is 2. The summed E-state index contributed by atoms with van der Waals surface area (Å²) in [6.45, 7) is 1.52. The van der Waals surface area contributed by atoms with Gasteiger partial charge in [-0.3, -0.25) is 0 Å². The first-order chi connectivity index (χ1) is 6.27. The van der Waals surface area contributed by atoms with Crippen LogP contribution in [0.25, 0.3) is 0 Å². The number of hydrogen-bond acceptors (Lipinski definition) is 3. The number of halogens is 2. The van der Waals surface area contributed by atoms with Crippen molar-refractivity contribution in [1.82, 2.24) is 9.97 Å². The Morgan fingerprint density at radius 2 is 2.46 bits per heavy atom. The van der Waals surface area contributed by atoms with E-state index in [1.54, 1.807) is 6.20 Å². The monoisotopic (exact) mass is 310 g/mol. The molecule has 1 aliphatic heterocycles. The molecule has 1 aromatic heterocycles. The lowest BCUT2D eigenvalue weighted by atomic mass is 10.1. The van der Waals surface area contributed by atoms with Gasteiger partial charge in [0.15, 0.2) is 0 Å². The normalized spacial score (nSPS) is 22.2. The van der Waals surface area contributed by atoms with Crippen LogP contribution in [0.15, 0.2) is 6.20 Å². The van der Waals surface area contributed by atoms with Crippen molar-refractivity contribution in [3.63, 3.8) is 0 Å². The van der Waals surface area contributed by atoms with E-state index in [0.717, 1.165) is 29.0 Å². The SMILES string of the molecule is Clc1nc(C2CCOC2)ncc1I. The van der Waals surface area contributed by atoms with Crippen LogP contribution in [0.1, 0.15) is 18.2 Å². The Labute approximate surface area is 95.0 Å². The van der Waals surface area contributed by atoms with E-state index in [1.807, 2.05) is 0 Å². The Morgan fingerprint density at radius 1 is 1.62 bits per heavy atom. The van der Waals surface area contributed by atoms with Gasteiger partial charge in [0, 0.05) is 18.7 Å². The van der Waals surface area contributed by atoms with E-state index < -0.39 is 0 Å². The second-order valence-corrected chi connectivity index (χ2v) is 4.45. The molecule has 0 radical (unpaired) electrons. The third-order valence-corrected chi connectivity index (χ3v) is 3.41. The molecule has 13 heavy (non-hydrogen) atoms. The minimum atomic E-state index is 0.328. The highest BCUT2D eigenvalue weighted by Gasteiger charge is 2.20. The Hall–Kier alpha value is 0.0600. The number of rotatable bonds is 1. The molecule has 0 spiro atoms. The summed E-state index contributed by atoms with van der Waals surface area (Å²) in [5.41, 5.74) is 0. The third-order valence-electron chi connectivity index (χ3n) is 2.01. The summed E-state index contributed by atoms with van der Waals surface area (Å²) in [5.74, 6) is 1.14. The molecular weight excluding hydrogens is 302 g/mol. The summed E-state index contributed by atoms with van der Waals surface area (Å²) in [5, 5.41) is 0.539. The molecule has 0 saturated carbocycles. The van der Waals surface area contributed by atoms with Crippen molar-refractivity contribution >= 4 is 34.2 Å². The standard InChI is InChI=1S/C8H8ClIN2O/c9-7-6(10)3-11-8(12-7)5-1-2-13-4-5/h3,5H,1-2,4H2. The maximum absolute atomic E-state index is 5.89. The molecule has 0 bridgehead atoms. The summed E-state index contributed by atoms with van der Waals surface area (Å²) in [4.78, 5) is 8.46. The molecule has 1 unspecified atom stereocenters. The fourth-order valence-corrected chi connectivity index (χ4v) is 1.69. The van der Waals surface area contributed by atoms with Gasteiger partial charge in [0.25, 0.3) is 0 Å². The third kappa shape index (κ3) is 2.11. The van der Waals surface area contributed by atoms with E-state index in [1.165, 1.54) is 0 Å². The van der Waals surface area contributed by atoms with Crippen molar-refractivity contribution in [3.05, 3.63) is 20.7 Å². The quantitative estimate of drug-likeness (QED) is 0.589. The van der Waals surface area contributed by atoms with E-state index in [9.17, 15) is 0 Å². The summed E-state index contributed by atoms with van der Waals surface area (Å²) >= 11 is 8.01. The van der Waals surface area contributed by atoms with Crippen LogP contribution in [0, 0.1) is 3.57 Å². The van der Waals surface area contributed by atoms with Crippen molar-refractivity contribution in [1.29, 1.82) is 0 Å². The van der Waals surface area contributed by atoms with Gasteiger partial charge in [0.2, 0.25) is 0 Å². The molecule has 2 rings (SSSR count). The van der Waals surface area contributed by atoms with Crippen LogP contribution in [0.2, 0.25) is 5.15 Å². The van der Waals surface area contributed by atoms with Gasteiger partial charge < -0.3 is 4.74 Å². The smallest absolute Gasteiger partial charge is 0.146 e. The van der Waals surface area contributed by atoms with Gasteiger partial charge in [-0.1, -0.05) is 11.6 Å². The van der Waals surface area contributed by atoms with Crippen molar-refractivity contribution in [2.45, 2.75) is 12.3 Å². The average molecular weight is 311 g/mol. The molecule has 1 aliphatic rings. The zero-order valence-electron chi connectivity index (χ0n) is 6.83. The lowest BCUT2D eigenvalue weighted by molar-refractivity contribution is 0.193. The summed E-state index contributed by atoms with van der Waals surface area (Å²) in [7, 11) is 0. The van der Waals surface area contributed by atoms with Crippen LogP contribution in [-0.2, 0) is 4.74 Å². The fourth-order valence-electron chi connectivity index (χ4n) is 1.29. The van der Waals surface area contributed by atoms with Gasteiger partial charge in [-0.15, -0.1) is 0 Å². The first-order valence-corrected chi connectivity index (χ1v) is 5.48. The Bertz CT molecular complexity index is 315. The summed E-state index contributed by atoms with van der Waals surface area (Å²) in [6, 6.07) is 0. The topological polar surface area (TPSA) is 35.0 Å². The first kappa shape index (κ1) is 9.61. The van der Waals surface area contributed by atoms with E-state index in [4.69, 9.17) is 16.3 Å². The van der Waals surface area contributed by atoms with Gasteiger partial charge in [0.05, 0.1) is 10.2 Å². The Kier molecular flexibility index (Phi) is 3.00. The number of aromatic nitrogens is 2. The second kappa shape index (κ2) is 4.06. The number of ether oxygens (including phenoxy) is 1. The van der Waals surface area contributed by atoms with Crippen LogP contribution < -0.4 is 0 Å². The van der Waals surface area contributed by atoms with Gasteiger partial charge in [-0.05, 0) is 29.0 Å². The van der Waals surface area contributed by atoms with Crippen LogP contribution in [0.4, 0.5) is 0 Å². The molecule has 3 nitrogen and oxygen atoms in total. The van der Waals surface area contributed by atoms with Gasteiger partial charge in [-0.25, -0.2) is 9.97 Å². The largest absolute Gasteiger partial charge is 0.381 e. The van der Waals surface area contributed by atoms with Crippen LogP contribution in [-0.4, -0.2) is 23.2 Å². The van der Waals surface area contributed by atoms with Gasteiger partial charge in [-0.2, -0.15) is 0 Å². The minimum absolute atomic E-state index is 0.328. The summed E-state index contributed by atoms with van der Waals surface area (Å²) in [6.07, 6.45) is 2.75. The molecule has 1 aromatic rings. The van der Waals surface area contributed by atoms with Gasteiger partial charge in [0.1, 0.15) is 11.0 Å². The van der Waals surface area contributed by atoms with Crippen LogP contribution >= 0.6 is 34.2 Å². The predicted molar refractivity (Wildman–Crippen MR) is 57.9 cm³/mol. The molecule has 2 heterocycles. The molecular formula is C8H8ClIN2O.